The molecular weight excluding hydrogens is 530 g/mol. The van der Waals surface area contributed by atoms with Crippen LogP contribution >= 0.6 is 24.0 Å². The summed E-state index contributed by atoms with van der Waals surface area (Å²) in [6.07, 6.45) is 4.57. The molecule has 1 aliphatic heterocycles. The van der Waals surface area contributed by atoms with Crippen LogP contribution < -0.4 is 5.32 Å². The number of likely N-dealkylation sites (tertiary alicyclic amines) is 1. The van der Waals surface area contributed by atoms with Gasteiger partial charge < -0.3 is 10.2 Å². The fourth-order valence-corrected chi connectivity index (χ4v) is 4.88. The average Bonchev–Trinajstić information content (AvgIpc) is 3.33. The third-order valence-corrected chi connectivity index (χ3v) is 6.78. The van der Waals surface area contributed by atoms with E-state index in [4.69, 9.17) is 0 Å². The zero-order valence-electron chi connectivity index (χ0n) is 18.5. The number of hydrogen-bond acceptors (Lipinski definition) is 2. The third kappa shape index (κ3) is 5.40. The molecule has 0 bridgehead atoms. The minimum atomic E-state index is -4.32. The highest BCUT2D eigenvalue weighted by atomic mass is 127. The summed E-state index contributed by atoms with van der Waals surface area (Å²) in [7, 11) is 3.70. The zero-order chi connectivity index (χ0) is 22.1. The number of aliphatic imine (C=N–C) groups is 1. The Balaban J connectivity index is 0.00000289. The molecule has 0 spiro atoms. The molecule has 176 valence electrons. The molecule has 2 aliphatic rings. The summed E-state index contributed by atoms with van der Waals surface area (Å²) < 4.78 is 41.4. The maximum Gasteiger partial charge on any atom is 0.416 e. The molecule has 1 aliphatic carbocycles. The summed E-state index contributed by atoms with van der Waals surface area (Å²) in [6.45, 7) is 2.46. The van der Waals surface area contributed by atoms with E-state index in [2.05, 4.69) is 26.5 Å². The monoisotopic (exact) mass is 561 g/mol. The molecule has 1 aromatic carbocycles. The minimum absolute atomic E-state index is 0. The standard InChI is InChI=1S/C23H30F3N5.HI/c1-27-21(31-10-7-17(15-31)11-18-13-29-30(2)14-18)28-16-22(8-4-9-22)19-5-3-6-20(12-19)23(24,25)26;/h3,5-6,12-14,17H,4,7-11,15-16H2,1-2H3,(H,27,28);1H. The summed E-state index contributed by atoms with van der Waals surface area (Å²) in [4.78, 5) is 6.73. The molecule has 1 saturated heterocycles. The van der Waals surface area contributed by atoms with Crippen LogP contribution in [0.25, 0.3) is 0 Å². The van der Waals surface area contributed by atoms with Gasteiger partial charge in [-0.3, -0.25) is 9.67 Å². The van der Waals surface area contributed by atoms with Crippen LogP contribution in [0.1, 0.15) is 42.4 Å². The van der Waals surface area contributed by atoms with Gasteiger partial charge in [-0.2, -0.15) is 18.3 Å². The molecular formula is C23H31F3IN5. The van der Waals surface area contributed by atoms with Gasteiger partial charge in [0.1, 0.15) is 0 Å². The Hall–Kier alpha value is -1.78. The SMILES string of the molecule is CN=C(NCC1(c2cccc(C(F)(F)F)c2)CCC1)N1CCC(Cc2cnn(C)c2)C1.I. The van der Waals surface area contributed by atoms with Crippen LogP contribution in [0.5, 0.6) is 0 Å². The molecule has 1 saturated carbocycles. The lowest BCUT2D eigenvalue weighted by Crippen LogP contribution is -2.49. The number of aryl methyl sites for hydroxylation is 1. The van der Waals surface area contributed by atoms with Gasteiger partial charge in [-0.25, -0.2) is 0 Å². The number of alkyl halides is 3. The zero-order valence-corrected chi connectivity index (χ0v) is 20.9. The van der Waals surface area contributed by atoms with E-state index in [-0.39, 0.29) is 29.4 Å². The van der Waals surface area contributed by atoms with Crippen LogP contribution in [-0.2, 0) is 25.1 Å². The summed E-state index contributed by atoms with van der Waals surface area (Å²) in [5.41, 5.74) is 1.19. The van der Waals surface area contributed by atoms with Gasteiger partial charge in [0.2, 0.25) is 0 Å². The quantitative estimate of drug-likeness (QED) is 0.330. The lowest BCUT2D eigenvalue weighted by atomic mass is 9.64. The number of rotatable bonds is 5. The lowest BCUT2D eigenvalue weighted by molar-refractivity contribution is -0.137. The lowest BCUT2D eigenvalue weighted by Gasteiger charge is -2.43. The van der Waals surface area contributed by atoms with E-state index >= 15 is 0 Å². The first-order valence-electron chi connectivity index (χ1n) is 10.9. The molecule has 2 heterocycles. The molecule has 2 fully saturated rings. The number of halogens is 4. The third-order valence-electron chi connectivity index (χ3n) is 6.78. The number of nitrogens with zero attached hydrogens (tertiary/aromatic N) is 4. The van der Waals surface area contributed by atoms with Gasteiger partial charge in [0, 0.05) is 45.3 Å². The van der Waals surface area contributed by atoms with Crippen LogP contribution in [0, 0.1) is 5.92 Å². The molecule has 0 amide bonds. The van der Waals surface area contributed by atoms with Crippen molar-refractivity contribution in [3.8, 4) is 0 Å². The summed E-state index contributed by atoms with van der Waals surface area (Å²) in [6, 6.07) is 5.83. The first-order chi connectivity index (χ1) is 14.8. The Morgan fingerprint density at radius 1 is 1.31 bits per heavy atom. The molecule has 1 unspecified atom stereocenters. The molecule has 1 N–H and O–H groups in total. The van der Waals surface area contributed by atoms with Crippen molar-refractivity contribution >= 4 is 29.9 Å². The molecule has 0 radical (unpaired) electrons. The van der Waals surface area contributed by atoms with Gasteiger partial charge >= 0.3 is 6.18 Å². The number of guanidine groups is 1. The van der Waals surface area contributed by atoms with Crippen molar-refractivity contribution in [1.82, 2.24) is 20.0 Å². The molecule has 32 heavy (non-hydrogen) atoms. The molecule has 9 heteroatoms. The second-order valence-corrected chi connectivity index (χ2v) is 8.94. The highest BCUT2D eigenvalue weighted by molar-refractivity contribution is 14.0. The summed E-state index contributed by atoms with van der Waals surface area (Å²) >= 11 is 0. The topological polar surface area (TPSA) is 45.5 Å². The summed E-state index contributed by atoms with van der Waals surface area (Å²) in [5, 5.41) is 7.73. The van der Waals surface area contributed by atoms with Crippen LogP contribution in [0.3, 0.4) is 0 Å². The van der Waals surface area contributed by atoms with Crippen LogP contribution in [0.4, 0.5) is 13.2 Å². The molecule has 2 aromatic rings. The number of benzene rings is 1. The first kappa shape index (κ1) is 24.9. The fraction of sp³-hybridized carbons (Fsp3) is 0.565. The Bertz CT molecular complexity index is 936. The van der Waals surface area contributed by atoms with Crippen molar-refractivity contribution in [2.24, 2.45) is 18.0 Å². The van der Waals surface area contributed by atoms with E-state index in [1.807, 2.05) is 24.0 Å². The number of aromatic nitrogens is 2. The minimum Gasteiger partial charge on any atom is -0.355 e. The molecule has 1 atom stereocenters. The Morgan fingerprint density at radius 3 is 2.69 bits per heavy atom. The maximum absolute atomic E-state index is 13.2. The average molecular weight is 561 g/mol. The van der Waals surface area contributed by atoms with E-state index in [9.17, 15) is 13.2 Å². The smallest absolute Gasteiger partial charge is 0.355 e. The predicted molar refractivity (Wildman–Crippen MR) is 130 cm³/mol. The Kier molecular flexibility index (Phi) is 7.77. The van der Waals surface area contributed by atoms with Gasteiger partial charge in [-0.1, -0.05) is 24.6 Å². The highest BCUT2D eigenvalue weighted by Crippen LogP contribution is 2.44. The molecule has 5 nitrogen and oxygen atoms in total. The van der Waals surface area contributed by atoms with E-state index in [1.165, 1.54) is 17.7 Å². The van der Waals surface area contributed by atoms with E-state index in [1.54, 1.807) is 7.05 Å². The van der Waals surface area contributed by atoms with Crippen molar-refractivity contribution in [2.45, 2.75) is 43.7 Å². The van der Waals surface area contributed by atoms with Crippen LogP contribution in [0.15, 0.2) is 41.7 Å². The number of nitrogens with one attached hydrogen (secondary N) is 1. The Labute approximate surface area is 204 Å². The predicted octanol–water partition coefficient (Wildman–Crippen LogP) is 4.62. The van der Waals surface area contributed by atoms with Crippen molar-refractivity contribution in [2.75, 3.05) is 26.7 Å². The van der Waals surface area contributed by atoms with Crippen molar-refractivity contribution < 1.29 is 13.2 Å². The van der Waals surface area contributed by atoms with Gasteiger partial charge in [0.05, 0.1) is 11.8 Å². The van der Waals surface area contributed by atoms with Gasteiger partial charge in [0.15, 0.2) is 5.96 Å². The second-order valence-electron chi connectivity index (χ2n) is 8.94. The maximum atomic E-state index is 13.2. The first-order valence-corrected chi connectivity index (χ1v) is 10.9. The van der Waals surface area contributed by atoms with Gasteiger partial charge in [-0.05, 0) is 48.8 Å². The highest BCUT2D eigenvalue weighted by Gasteiger charge is 2.41. The molecule has 4 rings (SSSR count). The largest absolute Gasteiger partial charge is 0.416 e. The van der Waals surface area contributed by atoms with E-state index in [0.717, 1.165) is 62.8 Å². The normalized spacial score (nSPS) is 20.6. The van der Waals surface area contributed by atoms with Gasteiger partial charge in [-0.15, -0.1) is 24.0 Å². The molecule has 1 aromatic heterocycles. The van der Waals surface area contributed by atoms with Gasteiger partial charge in [0.25, 0.3) is 0 Å². The van der Waals surface area contributed by atoms with Crippen molar-refractivity contribution in [3.63, 3.8) is 0 Å². The van der Waals surface area contributed by atoms with Crippen molar-refractivity contribution in [3.05, 3.63) is 53.3 Å². The van der Waals surface area contributed by atoms with E-state index in [0.29, 0.717) is 12.5 Å². The van der Waals surface area contributed by atoms with Crippen LogP contribution in [-0.4, -0.2) is 47.3 Å². The van der Waals surface area contributed by atoms with Crippen LogP contribution in [0.2, 0.25) is 0 Å². The summed E-state index contributed by atoms with van der Waals surface area (Å²) in [5.74, 6) is 1.39. The Morgan fingerprint density at radius 2 is 2.09 bits per heavy atom. The fourth-order valence-electron chi connectivity index (χ4n) is 4.88. The second kappa shape index (κ2) is 10.0. The van der Waals surface area contributed by atoms with E-state index < -0.39 is 11.7 Å². The number of hydrogen-bond donors (Lipinski definition) is 1. The van der Waals surface area contributed by atoms with Crippen molar-refractivity contribution in [1.29, 1.82) is 0 Å².